The standard InChI is InChI=1S/C9H14ClN3S/c1-2-8-7(5-10)3-4-13(8)9-11-6-12-14-9/h6-8H,2-5H2,1H3. The zero-order valence-corrected chi connectivity index (χ0v) is 9.76. The first kappa shape index (κ1) is 10.2. The first-order valence-corrected chi connectivity index (χ1v) is 6.27. The molecule has 0 saturated carbocycles. The third kappa shape index (κ3) is 1.73. The van der Waals surface area contributed by atoms with Crippen LogP contribution in [0.15, 0.2) is 6.33 Å². The lowest BCUT2D eigenvalue weighted by atomic mass is 10.0. The average molecular weight is 232 g/mol. The maximum atomic E-state index is 5.95. The van der Waals surface area contributed by atoms with E-state index in [0.717, 1.165) is 24.0 Å². The van der Waals surface area contributed by atoms with Crippen LogP contribution < -0.4 is 4.90 Å². The van der Waals surface area contributed by atoms with Crippen molar-refractivity contribution in [3.8, 4) is 0 Å². The van der Waals surface area contributed by atoms with Crippen molar-refractivity contribution in [1.29, 1.82) is 0 Å². The van der Waals surface area contributed by atoms with Gasteiger partial charge in [0.2, 0.25) is 5.13 Å². The van der Waals surface area contributed by atoms with Gasteiger partial charge in [-0.05, 0) is 18.8 Å². The second kappa shape index (κ2) is 4.45. The van der Waals surface area contributed by atoms with Crippen LogP contribution in [0.1, 0.15) is 19.8 Å². The van der Waals surface area contributed by atoms with Crippen LogP contribution in [0.5, 0.6) is 0 Å². The number of aromatic nitrogens is 2. The molecular formula is C9H14ClN3S. The molecule has 2 unspecified atom stereocenters. The van der Waals surface area contributed by atoms with Crippen LogP contribution in [0.4, 0.5) is 5.13 Å². The third-order valence-corrected chi connectivity index (χ3v) is 4.00. The molecule has 1 aliphatic rings. The van der Waals surface area contributed by atoms with Gasteiger partial charge in [-0.25, -0.2) is 4.98 Å². The van der Waals surface area contributed by atoms with Crippen molar-refractivity contribution >= 4 is 28.3 Å². The number of hydrogen-bond donors (Lipinski definition) is 0. The van der Waals surface area contributed by atoms with Gasteiger partial charge in [0.1, 0.15) is 6.33 Å². The molecule has 1 aromatic rings. The van der Waals surface area contributed by atoms with Crippen molar-refractivity contribution in [3.63, 3.8) is 0 Å². The van der Waals surface area contributed by atoms with E-state index in [1.54, 1.807) is 6.33 Å². The highest BCUT2D eigenvalue weighted by Gasteiger charge is 2.33. The fraction of sp³-hybridized carbons (Fsp3) is 0.778. The molecule has 0 aliphatic carbocycles. The zero-order valence-electron chi connectivity index (χ0n) is 8.19. The van der Waals surface area contributed by atoms with E-state index in [4.69, 9.17) is 11.6 Å². The maximum Gasteiger partial charge on any atom is 0.205 e. The van der Waals surface area contributed by atoms with E-state index in [9.17, 15) is 0 Å². The Morgan fingerprint density at radius 2 is 2.57 bits per heavy atom. The predicted molar refractivity (Wildman–Crippen MR) is 60.2 cm³/mol. The monoisotopic (exact) mass is 231 g/mol. The highest BCUT2D eigenvalue weighted by atomic mass is 35.5. The molecule has 1 saturated heterocycles. The molecule has 0 aromatic carbocycles. The van der Waals surface area contributed by atoms with Crippen LogP contribution in [-0.2, 0) is 0 Å². The number of halogens is 1. The molecule has 0 amide bonds. The van der Waals surface area contributed by atoms with E-state index in [-0.39, 0.29) is 0 Å². The first-order chi connectivity index (χ1) is 6.86. The van der Waals surface area contributed by atoms with E-state index in [0.29, 0.717) is 12.0 Å². The van der Waals surface area contributed by atoms with Crippen molar-refractivity contribution in [2.24, 2.45) is 5.92 Å². The third-order valence-electron chi connectivity index (χ3n) is 2.90. The molecular weight excluding hydrogens is 218 g/mol. The van der Waals surface area contributed by atoms with Crippen molar-refractivity contribution in [2.45, 2.75) is 25.8 Å². The minimum Gasteiger partial charge on any atom is -0.344 e. The van der Waals surface area contributed by atoms with Gasteiger partial charge in [-0.3, -0.25) is 0 Å². The fourth-order valence-electron chi connectivity index (χ4n) is 2.18. The van der Waals surface area contributed by atoms with Crippen molar-refractivity contribution in [1.82, 2.24) is 9.36 Å². The summed E-state index contributed by atoms with van der Waals surface area (Å²) in [6.07, 6.45) is 3.94. The molecule has 2 rings (SSSR count). The molecule has 2 atom stereocenters. The zero-order chi connectivity index (χ0) is 9.97. The topological polar surface area (TPSA) is 29.0 Å². The Morgan fingerprint density at radius 3 is 3.14 bits per heavy atom. The molecule has 2 heterocycles. The minimum absolute atomic E-state index is 0.556. The Balaban J connectivity index is 2.13. The number of alkyl halides is 1. The fourth-order valence-corrected chi connectivity index (χ4v) is 3.16. The van der Waals surface area contributed by atoms with E-state index >= 15 is 0 Å². The molecule has 78 valence electrons. The Morgan fingerprint density at radius 1 is 1.71 bits per heavy atom. The SMILES string of the molecule is CCC1C(CCl)CCN1c1ncns1. The molecule has 0 radical (unpaired) electrons. The summed E-state index contributed by atoms with van der Waals surface area (Å²) in [7, 11) is 0. The van der Waals surface area contributed by atoms with Crippen molar-refractivity contribution < 1.29 is 0 Å². The van der Waals surface area contributed by atoms with Gasteiger partial charge in [0, 0.05) is 30.0 Å². The summed E-state index contributed by atoms with van der Waals surface area (Å²) in [6.45, 7) is 3.29. The highest BCUT2D eigenvalue weighted by molar-refractivity contribution is 7.09. The Labute approximate surface area is 93.3 Å². The van der Waals surface area contributed by atoms with E-state index in [1.807, 2.05) is 0 Å². The second-order valence-electron chi connectivity index (χ2n) is 3.60. The first-order valence-electron chi connectivity index (χ1n) is 4.96. The lowest BCUT2D eigenvalue weighted by Gasteiger charge is -2.25. The van der Waals surface area contributed by atoms with Crippen LogP contribution in [0, 0.1) is 5.92 Å². The van der Waals surface area contributed by atoms with Crippen LogP contribution in [0.2, 0.25) is 0 Å². The largest absolute Gasteiger partial charge is 0.344 e. The number of anilines is 1. The minimum atomic E-state index is 0.556. The number of rotatable bonds is 3. The van der Waals surface area contributed by atoms with Crippen molar-refractivity contribution in [3.05, 3.63) is 6.33 Å². The summed E-state index contributed by atoms with van der Waals surface area (Å²) >= 11 is 7.42. The van der Waals surface area contributed by atoms with Crippen LogP contribution in [0.25, 0.3) is 0 Å². The van der Waals surface area contributed by atoms with Gasteiger partial charge in [0.05, 0.1) is 0 Å². The summed E-state index contributed by atoms with van der Waals surface area (Å²) in [4.78, 5) is 6.61. The molecule has 0 spiro atoms. The molecule has 1 fully saturated rings. The molecule has 0 N–H and O–H groups in total. The van der Waals surface area contributed by atoms with E-state index in [1.165, 1.54) is 18.0 Å². The summed E-state index contributed by atoms with van der Waals surface area (Å²) in [5.41, 5.74) is 0. The summed E-state index contributed by atoms with van der Waals surface area (Å²) in [5.74, 6) is 1.37. The quantitative estimate of drug-likeness (QED) is 0.748. The lowest BCUT2D eigenvalue weighted by Crippen LogP contribution is -2.32. The van der Waals surface area contributed by atoms with Gasteiger partial charge in [-0.2, -0.15) is 4.37 Å². The summed E-state index contributed by atoms with van der Waals surface area (Å²) in [5, 5.41) is 1.05. The highest BCUT2D eigenvalue weighted by Crippen LogP contribution is 2.32. The molecule has 0 bridgehead atoms. The average Bonchev–Trinajstić information content (AvgIpc) is 2.85. The number of hydrogen-bond acceptors (Lipinski definition) is 4. The van der Waals surface area contributed by atoms with Gasteiger partial charge in [-0.15, -0.1) is 11.6 Å². The molecule has 1 aliphatic heterocycles. The Bertz CT molecular complexity index is 278. The van der Waals surface area contributed by atoms with E-state index < -0.39 is 0 Å². The van der Waals surface area contributed by atoms with Crippen LogP contribution >= 0.6 is 23.1 Å². The van der Waals surface area contributed by atoms with Crippen molar-refractivity contribution in [2.75, 3.05) is 17.3 Å². The van der Waals surface area contributed by atoms with Gasteiger partial charge >= 0.3 is 0 Å². The lowest BCUT2D eigenvalue weighted by molar-refractivity contribution is 0.504. The molecule has 14 heavy (non-hydrogen) atoms. The van der Waals surface area contributed by atoms with Gasteiger partial charge in [0.25, 0.3) is 0 Å². The summed E-state index contributed by atoms with van der Waals surface area (Å²) < 4.78 is 4.04. The maximum absolute atomic E-state index is 5.95. The smallest absolute Gasteiger partial charge is 0.205 e. The van der Waals surface area contributed by atoms with Gasteiger partial charge < -0.3 is 4.90 Å². The molecule has 1 aromatic heterocycles. The number of nitrogens with zero attached hydrogens (tertiary/aromatic N) is 3. The predicted octanol–water partition coefficient (Wildman–Crippen LogP) is 2.38. The molecule has 3 nitrogen and oxygen atoms in total. The second-order valence-corrected chi connectivity index (χ2v) is 4.66. The van der Waals surface area contributed by atoms with Crippen LogP contribution in [0.3, 0.4) is 0 Å². The van der Waals surface area contributed by atoms with Gasteiger partial charge in [-0.1, -0.05) is 6.92 Å². The van der Waals surface area contributed by atoms with Gasteiger partial charge in [0.15, 0.2) is 0 Å². The molecule has 5 heteroatoms. The van der Waals surface area contributed by atoms with E-state index in [2.05, 4.69) is 21.2 Å². The summed E-state index contributed by atoms with van der Waals surface area (Å²) in [6, 6.07) is 0.556. The Hall–Kier alpha value is -0.350. The Kier molecular flexibility index (Phi) is 3.23. The normalized spacial score (nSPS) is 27.1. The van der Waals surface area contributed by atoms with Crippen LogP contribution in [-0.4, -0.2) is 27.8 Å².